The van der Waals surface area contributed by atoms with E-state index >= 15 is 0 Å². The SMILES string of the molecule is CC1NCCC1C(=O)NCCc1ncn(C)n1. The Bertz CT molecular complexity index is 389. The third-order valence-electron chi connectivity index (χ3n) is 3.16. The highest BCUT2D eigenvalue weighted by molar-refractivity contribution is 5.79. The van der Waals surface area contributed by atoms with Crippen LogP contribution in [0.2, 0.25) is 0 Å². The summed E-state index contributed by atoms with van der Waals surface area (Å²) in [5.74, 6) is 1.01. The molecular formula is C11H19N5O. The highest BCUT2D eigenvalue weighted by atomic mass is 16.1. The molecule has 0 aromatic carbocycles. The Labute approximate surface area is 101 Å². The first-order valence-corrected chi connectivity index (χ1v) is 6.02. The predicted molar refractivity (Wildman–Crippen MR) is 63.3 cm³/mol. The molecule has 2 rings (SSSR count). The van der Waals surface area contributed by atoms with Crippen molar-refractivity contribution in [2.24, 2.45) is 13.0 Å². The standard InChI is InChI=1S/C11H19N5O/c1-8-9(3-5-12-8)11(17)13-6-4-10-14-7-16(2)15-10/h7-9,12H,3-6H2,1-2H3,(H,13,17). The summed E-state index contributed by atoms with van der Waals surface area (Å²) in [5, 5.41) is 10.4. The molecule has 1 aromatic rings. The Morgan fingerprint density at radius 2 is 2.53 bits per heavy atom. The molecule has 1 saturated heterocycles. The molecule has 94 valence electrons. The highest BCUT2D eigenvalue weighted by Crippen LogP contribution is 2.14. The monoisotopic (exact) mass is 237 g/mol. The van der Waals surface area contributed by atoms with Gasteiger partial charge in [0.05, 0.1) is 5.92 Å². The van der Waals surface area contributed by atoms with E-state index in [0.29, 0.717) is 13.0 Å². The molecule has 1 aliphatic heterocycles. The molecule has 6 heteroatoms. The number of amides is 1. The summed E-state index contributed by atoms with van der Waals surface area (Å²) in [6.07, 6.45) is 3.27. The number of aromatic nitrogens is 3. The van der Waals surface area contributed by atoms with Crippen molar-refractivity contribution < 1.29 is 4.79 Å². The quantitative estimate of drug-likeness (QED) is 0.738. The Hall–Kier alpha value is -1.43. The highest BCUT2D eigenvalue weighted by Gasteiger charge is 2.28. The van der Waals surface area contributed by atoms with Gasteiger partial charge < -0.3 is 10.6 Å². The van der Waals surface area contributed by atoms with E-state index in [1.54, 1.807) is 11.0 Å². The maximum atomic E-state index is 11.9. The first-order valence-electron chi connectivity index (χ1n) is 6.02. The Morgan fingerprint density at radius 1 is 1.71 bits per heavy atom. The number of aryl methyl sites for hydroxylation is 1. The fourth-order valence-electron chi connectivity index (χ4n) is 2.14. The molecule has 1 fully saturated rings. The van der Waals surface area contributed by atoms with Crippen LogP contribution in [0.5, 0.6) is 0 Å². The zero-order chi connectivity index (χ0) is 12.3. The normalized spacial score (nSPS) is 23.9. The first-order chi connectivity index (χ1) is 8.16. The van der Waals surface area contributed by atoms with Crippen molar-refractivity contribution in [2.75, 3.05) is 13.1 Å². The van der Waals surface area contributed by atoms with Crippen LogP contribution in [-0.2, 0) is 18.3 Å². The van der Waals surface area contributed by atoms with Crippen LogP contribution in [0.4, 0.5) is 0 Å². The van der Waals surface area contributed by atoms with Crippen molar-refractivity contribution in [1.82, 2.24) is 25.4 Å². The summed E-state index contributed by atoms with van der Waals surface area (Å²) >= 11 is 0. The van der Waals surface area contributed by atoms with Crippen molar-refractivity contribution in [3.05, 3.63) is 12.2 Å². The third-order valence-corrected chi connectivity index (χ3v) is 3.16. The zero-order valence-corrected chi connectivity index (χ0v) is 10.3. The van der Waals surface area contributed by atoms with E-state index in [-0.39, 0.29) is 17.9 Å². The number of nitrogens with one attached hydrogen (secondary N) is 2. The molecule has 2 heterocycles. The van der Waals surface area contributed by atoms with Gasteiger partial charge in [0, 0.05) is 26.1 Å². The first kappa shape index (κ1) is 12.0. The van der Waals surface area contributed by atoms with Gasteiger partial charge in [-0.2, -0.15) is 5.10 Å². The van der Waals surface area contributed by atoms with Crippen LogP contribution in [0, 0.1) is 5.92 Å². The van der Waals surface area contributed by atoms with Gasteiger partial charge in [-0.3, -0.25) is 9.48 Å². The van der Waals surface area contributed by atoms with E-state index in [1.165, 1.54) is 0 Å². The summed E-state index contributed by atoms with van der Waals surface area (Å²) in [4.78, 5) is 16.0. The second-order valence-corrected chi connectivity index (χ2v) is 4.51. The van der Waals surface area contributed by atoms with Crippen LogP contribution >= 0.6 is 0 Å². The van der Waals surface area contributed by atoms with E-state index in [4.69, 9.17) is 0 Å². The number of carbonyl (C=O) groups is 1. The van der Waals surface area contributed by atoms with Gasteiger partial charge in [0.1, 0.15) is 6.33 Å². The van der Waals surface area contributed by atoms with Gasteiger partial charge in [-0.15, -0.1) is 0 Å². The maximum absolute atomic E-state index is 11.9. The van der Waals surface area contributed by atoms with Crippen LogP contribution in [0.1, 0.15) is 19.2 Å². The van der Waals surface area contributed by atoms with Crippen LogP contribution in [0.25, 0.3) is 0 Å². The van der Waals surface area contributed by atoms with Crippen molar-refractivity contribution in [1.29, 1.82) is 0 Å². The molecule has 1 aromatic heterocycles. The number of hydrogen-bond donors (Lipinski definition) is 2. The molecule has 0 spiro atoms. The molecule has 2 N–H and O–H groups in total. The van der Waals surface area contributed by atoms with E-state index in [2.05, 4.69) is 27.6 Å². The predicted octanol–water partition coefficient (Wildman–Crippen LogP) is -0.528. The number of carbonyl (C=O) groups excluding carboxylic acids is 1. The molecule has 1 amide bonds. The lowest BCUT2D eigenvalue weighted by Crippen LogP contribution is -2.37. The van der Waals surface area contributed by atoms with Crippen LogP contribution in [0.15, 0.2) is 6.33 Å². The lowest BCUT2D eigenvalue weighted by atomic mass is 10.0. The van der Waals surface area contributed by atoms with Gasteiger partial charge in [-0.25, -0.2) is 4.98 Å². The second kappa shape index (κ2) is 5.27. The minimum Gasteiger partial charge on any atom is -0.355 e. The van der Waals surface area contributed by atoms with Crippen LogP contribution in [-0.4, -0.2) is 39.8 Å². The summed E-state index contributed by atoms with van der Waals surface area (Å²) in [5.41, 5.74) is 0. The summed E-state index contributed by atoms with van der Waals surface area (Å²) in [7, 11) is 1.83. The van der Waals surface area contributed by atoms with Crippen LogP contribution in [0.3, 0.4) is 0 Å². The largest absolute Gasteiger partial charge is 0.355 e. The minimum absolute atomic E-state index is 0.103. The molecule has 2 atom stereocenters. The molecule has 17 heavy (non-hydrogen) atoms. The van der Waals surface area contributed by atoms with Gasteiger partial charge in [-0.05, 0) is 19.9 Å². The topological polar surface area (TPSA) is 71.8 Å². The molecule has 1 aliphatic rings. The maximum Gasteiger partial charge on any atom is 0.224 e. The van der Waals surface area contributed by atoms with E-state index in [9.17, 15) is 4.79 Å². The lowest BCUT2D eigenvalue weighted by Gasteiger charge is -2.14. The fourth-order valence-corrected chi connectivity index (χ4v) is 2.14. The molecule has 2 unspecified atom stereocenters. The minimum atomic E-state index is 0.103. The van der Waals surface area contributed by atoms with E-state index in [0.717, 1.165) is 18.8 Å². The third kappa shape index (κ3) is 3.03. The number of nitrogens with zero attached hydrogens (tertiary/aromatic N) is 3. The Kier molecular flexibility index (Phi) is 3.73. The summed E-state index contributed by atoms with van der Waals surface area (Å²) in [6.45, 7) is 3.59. The molecule has 6 nitrogen and oxygen atoms in total. The van der Waals surface area contributed by atoms with Gasteiger partial charge >= 0.3 is 0 Å². The van der Waals surface area contributed by atoms with Gasteiger partial charge in [-0.1, -0.05) is 0 Å². The smallest absolute Gasteiger partial charge is 0.224 e. The zero-order valence-electron chi connectivity index (χ0n) is 10.3. The number of rotatable bonds is 4. The van der Waals surface area contributed by atoms with Crippen LogP contribution < -0.4 is 10.6 Å². The fraction of sp³-hybridized carbons (Fsp3) is 0.727. The van der Waals surface area contributed by atoms with Crippen molar-refractivity contribution >= 4 is 5.91 Å². The van der Waals surface area contributed by atoms with Gasteiger partial charge in [0.25, 0.3) is 0 Å². The lowest BCUT2D eigenvalue weighted by molar-refractivity contribution is -0.125. The number of hydrogen-bond acceptors (Lipinski definition) is 4. The Morgan fingerprint density at radius 3 is 3.12 bits per heavy atom. The van der Waals surface area contributed by atoms with Gasteiger partial charge in [0.15, 0.2) is 5.82 Å². The average molecular weight is 237 g/mol. The summed E-state index contributed by atoms with van der Waals surface area (Å²) in [6, 6.07) is 0.281. The second-order valence-electron chi connectivity index (χ2n) is 4.51. The van der Waals surface area contributed by atoms with Crippen molar-refractivity contribution in [2.45, 2.75) is 25.8 Å². The Balaban J connectivity index is 1.73. The molecular weight excluding hydrogens is 218 g/mol. The molecule has 0 radical (unpaired) electrons. The van der Waals surface area contributed by atoms with Crippen molar-refractivity contribution in [3.63, 3.8) is 0 Å². The van der Waals surface area contributed by atoms with E-state index in [1.807, 2.05) is 7.05 Å². The van der Waals surface area contributed by atoms with E-state index < -0.39 is 0 Å². The molecule has 0 bridgehead atoms. The molecule has 0 saturated carbocycles. The average Bonchev–Trinajstić information content (AvgIpc) is 2.87. The van der Waals surface area contributed by atoms with Gasteiger partial charge in [0.2, 0.25) is 5.91 Å². The van der Waals surface area contributed by atoms with Crippen molar-refractivity contribution in [3.8, 4) is 0 Å². The molecule has 0 aliphatic carbocycles. The summed E-state index contributed by atoms with van der Waals surface area (Å²) < 4.78 is 1.67.